The zero-order chi connectivity index (χ0) is 19.8. The minimum atomic E-state index is -0.0456. The van der Waals surface area contributed by atoms with E-state index in [9.17, 15) is 4.79 Å². The van der Waals surface area contributed by atoms with Crippen LogP contribution in [0.5, 0.6) is 11.5 Å². The van der Waals surface area contributed by atoms with Crippen molar-refractivity contribution in [1.82, 2.24) is 4.90 Å². The van der Waals surface area contributed by atoms with E-state index in [-0.39, 0.29) is 11.8 Å². The summed E-state index contributed by atoms with van der Waals surface area (Å²) in [5, 5.41) is 0.999. The fraction of sp³-hybridized carbons (Fsp3) is 0.348. The number of carbonyl (C=O) groups excluding carboxylic acids is 1. The Morgan fingerprint density at radius 2 is 1.96 bits per heavy atom. The first-order valence-electron chi connectivity index (χ1n) is 9.53. The molecule has 1 aliphatic heterocycles. The first-order valence-corrected chi connectivity index (χ1v) is 9.53. The Kier molecular flexibility index (Phi) is 4.75. The highest BCUT2D eigenvalue weighted by Crippen LogP contribution is 2.39. The van der Waals surface area contributed by atoms with E-state index in [1.807, 2.05) is 49.1 Å². The van der Waals surface area contributed by atoms with Gasteiger partial charge in [0.25, 0.3) is 5.91 Å². The molecule has 1 aromatic heterocycles. The molecule has 1 atom stereocenters. The molecule has 146 valence electrons. The van der Waals surface area contributed by atoms with Crippen LogP contribution < -0.4 is 9.47 Å². The molecule has 0 N–H and O–H groups in total. The first kappa shape index (κ1) is 18.4. The van der Waals surface area contributed by atoms with Gasteiger partial charge in [-0.15, -0.1) is 0 Å². The van der Waals surface area contributed by atoms with E-state index in [2.05, 4.69) is 6.07 Å². The molecule has 1 saturated heterocycles. The maximum Gasteiger partial charge on any atom is 0.289 e. The number of para-hydroxylation sites is 1. The Labute approximate surface area is 164 Å². The number of hydrogen-bond donors (Lipinski definition) is 0. The van der Waals surface area contributed by atoms with Gasteiger partial charge in [0, 0.05) is 35.5 Å². The van der Waals surface area contributed by atoms with E-state index in [0.29, 0.717) is 24.6 Å². The normalized spacial score (nSPS) is 16.6. The van der Waals surface area contributed by atoms with E-state index < -0.39 is 0 Å². The molecular formula is C23H25NO4. The number of carbonyl (C=O) groups is 1. The van der Waals surface area contributed by atoms with Crippen LogP contribution >= 0.6 is 0 Å². The zero-order valence-corrected chi connectivity index (χ0v) is 16.7. The highest BCUT2D eigenvalue weighted by atomic mass is 16.5. The third kappa shape index (κ3) is 3.01. The highest BCUT2D eigenvalue weighted by molar-refractivity contribution is 5.99. The molecular weight excluding hydrogens is 354 g/mol. The van der Waals surface area contributed by atoms with Gasteiger partial charge in [0.15, 0.2) is 17.3 Å². The Hall–Kier alpha value is -2.95. The summed E-state index contributed by atoms with van der Waals surface area (Å²) < 4.78 is 16.9. The number of benzene rings is 2. The number of rotatable bonds is 4. The third-order valence-electron chi connectivity index (χ3n) is 5.64. The maximum absolute atomic E-state index is 13.2. The molecule has 2 aromatic carbocycles. The van der Waals surface area contributed by atoms with Crippen LogP contribution in [0.3, 0.4) is 0 Å². The minimum absolute atomic E-state index is 0.0456. The molecule has 2 heterocycles. The largest absolute Gasteiger partial charge is 0.493 e. The van der Waals surface area contributed by atoms with Gasteiger partial charge >= 0.3 is 0 Å². The molecule has 28 heavy (non-hydrogen) atoms. The van der Waals surface area contributed by atoms with Crippen LogP contribution in [0.15, 0.2) is 40.8 Å². The number of methoxy groups -OCH3 is 2. The molecule has 0 unspecified atom stereocenters. The van der Waals surface area contributed by atoms with Crippen molar-refractivity contribution in [3.05, 3.63) is 58.8 Å². The lowest BCUT2D eigenvalue weighted by Crippen LogP contribution is -2.28. The fourth-order valence-electron chi connectivity index (χ4n) is 4.11. The number of amides is 1. The summed E-state index contributed by atoms with van der Waals surface area (Å²) in [5.41, 5.74) is 3.87. The summed E-state index contributed by atoms with van der Waals surface area (Å²) in [6.45, 7) is 5.30. The molecule has 5 heteroatoms. The van der Waals surface area contributed by atoms with Crippen LogP contribution in [-0.4, -0.2) is 38.1 Å². The van der Waals surface area contributed by atoms with Gasteiger partial charge in [-0.2, -0.15) is 0 Å². The number of hydrogen-bond acceptors (Lipinski definition) is 4. The highest BCUT2D eigenvalue weighted by Gasteiger charge is 2.32. The van der Waals surface area contributed by atoms with Gasteiger partial charge in [-0.05, 0) is 38.0 Å². The van der Waals surface area contributed by atoms with Crippen molar-refractivity contribution in [2.24, 2.45) is 0 Å². The Morgan fingerprint density at radius 3 is 2.71 bits per heavy atom. The summed E-state index contributed by atoms with van der Waals surface area (Å²) in [4.78, 5) is 15.0. The summed E-state index contributed by atoms with van der Waals surface area (Å²) in [5.74, 6) is 2.07. The lowest BCUT2D eigenvalue weighted by Gasteiger charge is -2.18. The van der Waals surface area contributed by atoms with E-state index in [1.54, 1.807) is 14.2 Å². The second kappa shape index (κ2) is 7.23. The fourth-order valence-corrected chi connectivity index (χ4v) is 4.11. The number of fused-ring (bicyclic) bond motifs is 1. The topological polar surface area (TPSA) is 51.9 Å². The summed E-state index contributed by atoms with van der Waals surface area (Å²) in [7, 11) is 3.29. The molecule has 5 nitrogen and oxygen atoms in total. The monoisotopic (exact) mass is 379 g/mol. The van der Waals surface area contributed by atoms with Gasteiger partial charge in [-0.1, -0.05) is 24.3 Å². The number of furan rings is 1. The van der Waals surface area contributed by atoms with Gasteiger partial charge in [-0.25, -0.2) is 0 Å². The molecule has 0 radical (unpaired) electrons. The predicted molar refractivity (Wildman–Crippen MR) is 108 cm³/mol. The molecule has 1 amide bonds. The van der Waals surface area contributed by atoms with Crippen molar-refractivity contribution >= 4 is 16.9 Å². The average Bonchev–Trinajstić information content (AvgIpc) is 3.31. The molecule has 4 rings (SSSR count). The van der Waals surface area contributed by atoms with Gasteiger partial charge in [-0.3, -0.25) is 4.79 Å². The van der Waals surface area contributed by atoms with E-state index in [0.717, 1.165) is 39.8 Å². The van der Waals surface area contributed by atoms with Crippen molar-refractivity contribution in [3.63, 3.8) is 0 Å². The number of likely N-dealkylation sites (tertiary alicyclic amines) is 1. The molecule has 1 fully saturated rings. The van der Waals surface area contributed by atoms with E-state index in [4.69, 9.17) is 13.9 Å². The SMILES string of the molecule is COc1cccc([C@@H]2CCN(C(=O)c3oc4cc(C)ccc4c3C)C2)c1OC. The molecule has 1 aliphatic rings. The third-order valence-corrected chi connectivity index (χ3v) is 5.64. The molecule has 0 aliphatic carbocycles. The van der Waals surface area contributed by atoms with Crippen molar-refractivity contribution in [1.29, 1.82) is 0 Å². The Morgan fingerprint density at radius 1 is 1.14 bits per heavy atom. The van der Waals surface area contributed by atoms with Crippen molar-refractivity contribution in [3.8, 4) is 11.5 Å². The summed E-state index contributed by atoms with van der Waals surface area (Å²) in [6, 6.07) is 11.9. The molecule has 0 spiro atoms. The van der Waals surface area contributed by atoms with E-state index in [1.165, 1.54) is 0 Å². The zero-order valence-electron chi connectivity index (χ0n) is 16.7. The quantitative estimate of drug-likeness (QED) is 0.659. The van der Waals surface area contributed by atoms with Crippen molar-refractivity contribution < 1.29 is 18.7 Å². The van der Waals surface area contributed by atoms with Gasteiger partial charge in [0.1, 0.15) is 5.58 Å². The molecule has 0 bridgehead atoms. The van der Waals surface area contributed by atoms with Crippen LogP contribution in [0.4, 0.5) is 0 Å². The summed E-state index contributed by atoms with van der Waals surface area (Å²) in [6.07, 6.45) is 0.883. The van der Waals surface area contributed by atoms with Gasteiger partial charge < -0.3 is 18.8 Å². The van der Waals surface area contributed by atoms with Crippen LogP contribution in [0, 0.1) is 13.8 Å². The van der Waals surface area contributed by atoms with Crippen LogP contribution in [0.1, 0.15) is 39.6 Å². The predicted octanol–water partition coefficient (Wildman–Crippen LogP) is 4.70. The summed E-state index contributed by atoms with van der Waals surface area (Å²) >= 11 is 0. The van der Waals surface area contributed by atoms with Crippen LogP contribution in [-0.2, 0) is 0 Å². The second-order valence-electron chi connectivity index (χ2n) is 7.38. The lowest BCUT2D eigenvalue weighted by molar-refractivity contribution is 0.0760. The van der Waals surface area contributed by atoms with Crippen LogP contribution in [0.2, 0.25) is 0 Å². The van der Waals surface area contributed by atoms with Crippen LogP contribution in [0.25, 0.3) is 11.0 Å². The van der Waals surface area contributed by atoms with Crippen molar-refractivity contribution in [2.75, 3.05) is 27.3 Å². The first-order chi connectivity index (χ1) is 13.5. The lowest BCUT2D eigenvalue weighted by atomic mass is 9.97. The molecule has 0 saturated carbocycles. The van der Waals surface area contributed by atoms with Crippen molar-refractivity contribution in [2.45, 2.75) is 26.2 Å². The number of nitrogens with zero attached hydrogens (tertiary/aromatic N) is 1. The van der Waals surface area contributed by atoms with Gasteiger partial charge in [0.2, 0.25) is 0 Å². The van der Waals surface area contributed by atoms with Gasteiger partial charge in [0.05, 0.1) is 14.2 Å². The standard InChI is InChI=1S/C23H25NO4/c1-14-8-9-17-15(2)21(28-20(17)12-14)23(25)24-11-10-16(13-24)18-6-5-7-19(26-3)22(18)27-4/h5-9,12,16H,10-11,13H2,1-4H3/t16-/m1/s1. The second-order valence-corrected chi connectivity index (χ2v) is 7.38. The Bertz CT molecular complexity index is 1040. The average molecular weight is 379 g/mol. The minimum Gasteiger partial charge on any atom is -0.493 e. The number of aryl methyl sites for hydroxylation is 2. The smallest absolute Gasteiger partial charge is 0.289 e. The van der Waals surface area contributed by atoms with E-state index >= 15 is 0 Å². The maximum atomic E-state index is 13.2. The number of ether oxygens (including phenoxy) is 2. The Balaban J connectivity index is 1.60. The molecule has 3 aromatic rings.